The van der Waals surface area contributed by atoms with Gasteiger partial charge in [-0.3, -0.25) is 0 Å². The molecule has 5 N–H and O–H groups in total. The van der Waals surface area contributed by atoms with E-state index in [0.29, 0.717) is 16.8 Å². The van der Waals surface area contributed by atoms with E-state index in [9.17, 15) is 0 Å². The number of hydrogen-bond acceptors (Lipinski definition) is 7. The van der Waals surface area contributed by atoms with Gasteiger partial charge in [0.25, 0.3) is 0 Å². The summed E-state index contributed by atoms with van der Waals surface area (Å²) in [6.45, 7) is 5.27. The molecule has 0 spiro atoms. The van der Waals surface area contributed by atoms with Crippen LogP contribution in [0.1, 0.15) is 31.9 Å². The molecule has 0 saturated carbocycles. The predicted octanol–water partition coefficient (Wildman–Crippen LogP) is 2.25. The Morgan fingerprint density at radius 2 is 1.95 bits per heavy atom. The SMILES string of the molecule is CCCNC(C)c1ccnc(Sc2nc(N)cc(N)n2)c1. The Labute approximate surface area is 128 Å². The van der Waals surface area contributed by atoms with Crippen molar-refractivity contribution in [2.45, 2.75) is 36.5 Å². The van der Waals surface area contributed by atoms with Gasteiger partial charge in [-0.1, -0.05) is 6.92 Å². The molecule has 0 aliphatic rings. The van der Waals surface area contributed by atoms with E-state index in [1.165, 1.54) is 23.4 Å². The second kappa shape index (κ2) is 7.24. The zero-order chi connectivity index (χ0) is 15.2. The standard InChI is InChI=1S/C14H20N6S/c1-3-5-17-9(2)10-4-6-18-13(7-10)21-14-19-11(15)8-12(16)20-14/h4,6-9,17H,3,5H2,1-2H3,(H4,15,16,19,20). The molecule has 2 aromatic rings. The summed E-state index contributed by atoms with van der Waals surface area (Å²) in [5.74, 6) is 0.721. The number of hydrogen-bond donors (Lipinski definition) is 3. The van der Waals surface area contributed by atoms with Crippen molar-refractivity contribution < 1.29 is 0 Å². The summed E-state index contributed by atoms with van der Waals surface area (Å²) in [6.07, 6.45) is 2.89. The third-order valence-corrected chi connectivity index (χ3v) is 3.70. The predicted molar refractivity (Wildman–Crippen MR) is 85.9 cm³/mol. The van der Waals surface area contributed by atoms with E-state index >= 15 is 0 Å². The second-order valence-electron chi connectivity index (χ2n) is 4.71. The number of pyridine rings is 1. The van der Waals surface area contributed by atoms with Crippen LogP contribution < -0.4 is 16.8 Å². The smallest absolute Gasteiger partial charge is 0.197 e. The molecule has 7 heteroatoms. The summed E-state index contributed by atoms with van der Waals surface area (Å²) in [4.78, 5) is 12.6. The lowest BCUT2D eigenvalue weighted by Crippen LogP contribution is -2.19. The first-order chi connectivity index (χ1) is 10.1. The first-order valence-corrected chi connectivity index (χ1v) is 7.67. The molecule has 0 radical (unpaired) electrons. The second-order valence-corrected chi connectivity index (χ2v) is 5.69. The van der Waals surface area contributed by atoms with Crippen molar-refractivity contribution in [3.63, 3.8) is 0 Å². The van der Waals surface area contributed by atoms with Gasteiger partial charge in [-0.15, -0.1) is 0 Å². The number of nitrogens with one attached hydrogen (secondary N) is 1. The summed E-state index contributed by atoms with van der Waals surface area (Å²) in [7, 11) is 0. The number of nitrogens with zero attached hydrogens (tertiary/aromatic N) is 3. The molecule has 112 valence electrons. The maximum absolute atomic E-state index is 5.67. The van der Waals surface area contributed by atoms with E-state index in [4.69, 9.17) is 11.5 Å². The maximum atomic E-state index is 5.67. The topological polar surface area (TPSA) is 103 Å². The molecule has 0 fully saturated rings. The molecule has 0 saturated heterocycles. The summed E-state index contributed by atoms with van der Waals surface area (Å²) >= 11 is 1.35. The molecule has 2 rings (SSSR count). The number of anilines is 2. The van der Waals surface area contributed by atoms with Crippen molar-refractivity contribution in [3.8, 4) is 0 Å². The van der Waals surface area contributed by atoms with Gasteiger partial charge in [0.1, 0.15) is 16.7 Å². The Morgan fingerprint density at radius 1 is 1.24 bits per heavy atom. The van der Waals surface area contributed by atoms with Gasteiger partial charge in [-0.05, 0) is 49.3 Å². The number of nitrogens with two attached hydrogens (primary N) is 2. The van der Waals surface area contributed by atoms with E-state index in [1.54, 1.807) is 6.20 Å². The first-order valence-electron chi connectivity index (χ1n) is 6.85. The molecule has 1 atom stereocenters. The normalized spacial score (nSPS) is 12.3. The minimum atomic E-state index is 0.277. The zero-order valence-electron chi connectivity index (χ0n) is 12.2. The highest BCUT2D eigenvalue weighted by atomic mass is 32.2. The Bertz CT molecular complexity index is 584. The van der Waals surface area contributed by atoms with Gasteiger partial charge in [0, 0.05) is 18.3 Å². The van der Waals surface area contributed by atoms with Crippen LogP contribution >= 0.6 is 11.8 Å². The summed E-state index contributed by atoms with van der Waals surface area (Å²) < 4.78 is 0. The first kappa shape index (κ1) is 15.5. The van der Waals surface area contributed by atoms with Crippen molar-refractivity contribution >= 4 is 23.4 Å². The van der Waals surface area contributed by atoms with Crippen LogP contribution in [-0.2, 0) is 0 Å². The lowest BCUT2D eigenvalue weighted by Gasteiger charge is -2.14. The number of aromatic nitrogens is 3. The van der Waals surface area contributed by atoms with Crippen LogP contribution in [0.5, 0.6) is 0 Å². The molecule has 0 aliphatic heterocycles. The summed E-state index contributed by atoms with van der Waals surface area (Å²) in [6, 6.07) is 5.84. The molecule has 0 bridgehead atoms. The van der Waals surface area contributed by atoms with Crippen LogP contribution in [0.15, 0.2) is 34.6 Å². The minimum Gasteiger partial charge on any atom is -0.383 e. The van der Waals surface area contributed by atoms with Gasteiger partial charge in [0.2, 0.25) is 0 Å². The fourth-order valence-electron chi connectivity index (χ4n) is 1.83. The Kier molecular flexibility index (Phi) is 5.35. The van der Waals surface area contributed by atoms with E-state index in [0.717, 1.165) is 18.0 Å². The largest absolute Gasteiger partial charge is 0.383 e. The van der Waals surface area contributed by atoms with Gasteiger partial charge < -0.3 is 16.8 Å². The monoisotopic (exact) mass is 304 g/mol. The van der Waals surface area contributed by atoms with Gasteiger partial charge in [-0.25, -0.2) is 15.0 Å². The summed E-state index contributed by atoms with van der Waals surface area (Å²) in [5, 5.41) is 4.78. The van der Waals surface area contributed by atoms with E-state index in [1.807, 2.05) is 12.1 Å². The summed E-state index contributed by atoms with van der Waals surface area (Å²) in [5.41, 5.74) is 12.5. The number of rotatable bonds is 6. The molecule has 1 unspecified atom stereocenters. The van der Waals surface area contributed by atoms with Crippen molar-refractivity contribution in [1.82, 2.24) is 20.3 Å². The molecular weight excluding hydrogens is 284 g/mol. The quantitative estimate of drug-likeness (QED) is 0.703. The molecular formula is C14H20N6S. The third-order valence-electron chi connectivity index (χ3n) is 2.90. The Hall–Kier alpha value is -1.86. The minimum absolute atomic E-state index is 0.277. The highest BCUT2D eigenvalue weighted by molar-refractivity contribution is 7.99. The highest BCUT2D eigenvalue weighted by Gasteiger charge is 2.08. The van der Waals surface area contributed by atoms with Gasteiger partial charge >= 0.3 is 0 Å². The van der Waals surface area contributed by atoms with E-state index in [2.05, 4.69) is 34.1 Å². The maximum Gasteiger partial charge on any atom is 0.197 e. The van der Waals surface area contributed by atoms with Crippen LogP contribution in [0.2, 0.25) is 0 Å². The van der Waals surface area contributed by atoms with Crippen LogP contribution in [-0.4, -0.2) is 21.5 Å². The third kappa shape index (κ3) is 4.57. The van der Waals surface area contributed by atoms with Crippen LogP contribution in [0.4, 0.5) is 11.6 Å². The van der Waals surface area contributed by atoms with Crippen LogP contribution in [0, 0.1) is 0 Å². The molecule has 2 aromatic heterocycles. The molecule has 2 heterocycles. The van der Waals surface area contributed by atoms with Crippen LogP contribution in [0.25, 0.3) is 0 Å². The fourth-order valence-corrected chi connectivity index (χ4v) is 2.63. The van der Waals surface area contributed by atoms with Crippen LogP contribution in [0.3, 0.4) is 0 Å². The van der Waals surface area contributed by atoms with E-state index in [-0.39, 0.29) is 6.04 Å². The fraction of sp³-hybridized carbons (Fsp3) is 0.357. The van der Waals surface area contributed by atoms with Crippen molar-refractivity contribution in [1.29, 1.82) is 0 Å². The van der Waals surface area contributed by atoms with Gasteiger partial charge in [-0.2, -0.15) is 0 Å². The lowest BCUT2D eigenvalue weighted by atomic mass is 10.1. The molecule has 21 heavy (non-hydrogen) atoms. The molecule has 0 amide bonds. The highest BCUT2D eigenvalue weighted by Crippen LogP contribution is 2.26. The molecule has 6 nitrogen and oxygen atoms in total. The average Bonchev–Trinajstić information content (AvgIpc) is 2.44. The van der Waals surface area contributed by atoms with Crippen molar-refractivity contribution in [3.05, 3.63) is 30.0 Å². The Morgan fingerprint density at radius 3 is 2.62 bits per heavy atom. The number of nitrogen functional groups attached to an aromatic ring is 2. The lowest BCUT2D eigenvalue weighted by molar-refractivity contribution is 0.569. The average molecular weight is 304 g/mol. The zero-order valence-corrected chi connectivity index (χ0v) is 13.0. The van der Waals surface area contributed by atoms with Crippen molar-refractivity contribution in [2.24, 2.45) is 0 Å². The Balaban J connectivity index is 2.13. The van der Waals surface area contributed by atoms with Gasteiger partial charge in [0.15, 0.2) is 5.16 Å². The van der Waals surface area contributed by atoms with Gasteiger partial charge in [0.05, 0.1) is 0 Å². The van der Waals surface area contributed by atoms with Crippen molar-refractivity contribution in [2.75, 3.05) is 18.0 Å². The van der Waals surface area contributed by atoms with E-state index < -0.39 is 0 Å². The molecule has 0 aromatic carbocycles. The molecule has 0 aliphatic carbocycles.